The molecule has 0 aliphatic carbocycles. The van der Waals surface area contributed by atoms with Crippen LogP contribution < -0.4 is 15.4 Å². The van der Waals surface area contributed by atoms with Gasteiger partial charge in [0.2, 0.25) is 0 Å². The van der Waals surface area contributed by atoms with Gasteiger partial charge >= 0.3 is 5.97 Å². The molecule has 1 unspecified atom stereocenters. The van der Waals surface area contributed by atoms with E-state index in [0.717, 1.165) is 0 Å². The quantitative estimate of drug-likeness (QED) is 0.576. The second-order valence-electron chi connectivity index (χ2n) is 4.72. The van der Waals surface area contributed by atoms with Crippen LogP contribution in [0.4, 0.5) is 0 Å². The lowest BCUT2D eigenvalue weighted by Gasteiger charge is -2.30. The molecule has 0 saturated heterocycles. The minimum atomic E-state index is -0.608. The average Bonchev–Trinajstić information content (AvgIpc) is 2.47. The molecule has 118 valence electrons. The van der Waals surface area contributed by atoms with Gasteiger partial charge in [-0.3, -0.25) is 0 Å². The van der Waals surface area contributed by atoms with Crippen LogP contribution in [0.25, 0.3) is 0 Å². The molecule has 22 heavy (non-hydrogen) atoms. The first-order chi connectivity index (χ1) is 10.5. The zero-order valence-electron chi connectivity index (χ0n) is 12.6. The number of phenolic OH excluding ortho intramolecular Hbond substituents is 1. The Kier molecular flexibility index (Phi) is 4.87. The van der Waals surface area contributed by atoms with Crippen molar-refractivity contribution >= 4 is 23.3 Å². The summed E-state index contributed by atoms with van der Waals surface area (Å²) >= 11 is 5.15. The Morgan fingerprint density at radius 2 is 2.18 bits per heavy atom. The predicted octanol–water partition coefficient (Wildman–Crippen LogP) is 1.76. The second kappa shape index (κ2) is 6.65. The Hall–Kier alpha value is -2.28. The van der Waals surface area contributed by atoms with Crippen LogP contribution in [0.3, 0.4) is 0 Å². The number of allylic oxidation sites excluding steroid dienone is 1. The van der Waals surface area contributed by atoms with E-state index >= 15 is 0 Å². The summed E-state index contributed by atoms with van der Waals surface area (Å²) in [5.41, 5.74) is 1.46. The first-order valence-corrected chi connectivity index (χ1v) is 7.21. The van der Waals surface area contributed by atoms with Gasteiger partial charge in [-0.05, 0) is 44.3 Å². The number of carbonyl (C=O) groups is 1. The Balaban J connectivity index is 2.52. The van der Waals surface area contributed by atoms with Gasteiger partial charge in [-0.15, -0.1) is 0 Å². The fourth-order valence-corrected chi connectivity index (χ4v) is 2.57. The Bertz CT molecular complexity index is 642. The van der Waals surface area contributed by atoms with E-state index in [1.165, 1.54) is 13.2 Å². The lowest BCUT2D eigenvalue weighted by molar-refractivity contribution is -0.139. The fourth-order valence-electron chi connectivity index (χ4n) is 2.30. The standard InChI is InChI=1S/C15H18N2O4S/c1-4-21-14(19)12-8(2)16-15(22)17-13(12)10-7-9(20-3)5-6-11(10)18/h5-7,13,18H,4H2,1-3H3,(H2,16,17,22). The van der Waals surface area contributed by atoms with Crippen molar-refractivity contribution in [3.05, 3.63) is 35.0 Å². The molecular formula is C15H18N2O4S. The molecular weight excluding hydrogens is 304 g/mol. The normalized spacial score (nSPS) is 17.6. The SMILES string of the molecule is CCOC(=O)C1=C(C)NC(=S)NC1c1cc(OC)ccc1O. The van der Waals surface area contributed by atoms with E-state index in [-0.39, 0.29) is 12.4 Å². The molecule has 1 aromatic carbocycles. The van der Waals surface area contributed by atoms with Gasteiger partial charge in [-0.2, -0.15) is 0 Å². The van der Waals surface area contributed by atoms with Gasteiger partial charge in [0.15, 0.2) is 5.11 Å². The minimum Gasteiger partial charge on any atom is -0.508 e. The Morgan fingerprint density at radius 3 is 2.82 bits per heavy atom. The molecule has 0 bridgehead atoms. The number of esters is 1. The van der Waals surface area contributed by atoms with Gasteiger partial charge in [0, 0.05) is 11.3 Å². The van der Waals surface area contributed by atoms with Gasteiger partial charge in [0.05, 0.1) is 25.3 Å². The number of hydrogen-bond donors (Lipinski definition) is 3. The largest absolute Gasteiger partial charge is 0.508 e. The fraction of sp³-hybridized carbons (Fsp3) is 0.333. The molecule has 3 N–H and O–H groups in total. The molecule has 7 heteroatoms. The lowest BCUT2D eigenvalue weighted by atomic mass is 9.94. The number of ether oxygens (including phenoxy) is 2. The molecule has 1 atom stereocenters. The summed E-state index contributed by atoms with van der Waals surface area (Å²) in [5, 5.41) is 16.4. The molecule has 0 fully saturated rings. The van der Waals surface area contributed by atoms with E-state index in [0.29, 0.717) is 27.7 Å². The Labute approximate surface area is 134 Å². The number of benzene rings is 1. The lowest BCUT2D eigenvalue weighted by Crippen LogP contribution is -2.45. The highest BCUT2D eigenvalue weighted by Crippen LogP contribution is 2.35. The number of nitrogens with one attached hydrogen (secondary N) is 2. The van der Waals surface area contributed by atoms with Crippen molar-refractivity contribution in [2.75, 3.05) is 13.7 Å². The highest BCUT2D eigenvalue weighted by molar-refractivity contribution is 7.80. The molecule has 1 aliphatic heterocycles. The van der Waals surface area contributed by atoms with Crippen LogP contribution in [-0.2, 0) is 9.53 Å². The maximum absolute atomic E-state index is 12.2. The number of hydrogen-bond acceptors (Lipinski definition) is 5. The van der Waals surface area contributed by atoms with Crippen LogP contribution in [0, 0.1) is 0 Å². The number of methoxy groups -OCH3 is 1. The highest BCUT2D eigenvalue weighted by atomic mass is 32.1. The van der Waals surface area contributed by atoms with Crippen molar-refractivity contribution < 1.29 is 19.4 Å². The van der Waals surface area contributed by atoms with Crippen molar-refractivity contribution in [2.24, 2.45) is 0 Å². The van der Waals surface area contributed by atoms with Crippen LogP contribution in [-0.4, -0.2) is 29.9 Å². The Morgan fingerprint density at radius 1 is 1.45 bits per heavy atom. The highest BCUT2D eigenvalue weighted by Gasteiger charge is 2.32. The summed E-state index contributed by atoms with van der Waals surface area (Å²) in [6.07, 6.45) is 0. The summed E-state index contributed by atoms with van der Waals surface area (Å²) in [4.78, 5) is 12.2. The molecule has 6 nitrogen and oxygen atoms in total. The van der Waals surface area contributed by atoms with Gasteiger partial charge in [0.25, 0.3) is 0 Å². The first-order valence-electron chi connectivity index (χ1n) is 6.80. The summed E-state index contributed by atoms with van der Waals surface area (Å²) < 4.78 is 10.3. The maximum Gasteiger partial charge on any atom is 0.338 e. The van der Waals surface area contributed by atoms with E-state index in [1.807, 2.05) is 0 Å². The van der Waals surface area contributed by atoms with E-state index < -0.39 is 12.0 Å². The summed E-state index contributed by atoms with van der Waals surface area (Å²) in [6.45, 7) is 3.74. The molecule has 1 aromatic rings. The molecule has 2 rings (SSSR count). The molecule has 1 heterocycles. The number of phenols is 1. The van der Waals surface area contributed by atoms with E-state index in [4.69, 9.17) is 21.7 Å². The number of thiocarbonyl (C=S) groups is 1. The third kappa shape index (κ3) is 3.14. The second-order valence-corrected chi connectivity index (χ2v) is 5.12. The first kappa shape index (κ1) is 16.1. The van der Waals surface area contributed by atoms with Gasteiger partial charge in [-0.25, -0.2) is 4.79 Å². The van der Waals surface area contributed by atoms with E-state index in [1.54, 1.807) is 26.0 Å². The van der Waals surface area contributed by atoms with Crippen molar-refractivity contribution in [3.8, 4) is 11.5 Å². The third-order valence-electron chi connectivity index (χ3n) is 3.31. The van der Waals surface area contributed by atoms with E-state index in [9.17, 15) is 9.90 Å². The average molecular weight is 322 g/mol. The number of carbonyl (C=O) groups excluding carboxylic acids is 1. The van der Waals surface area contributed by atoms with Crippen LogP contribution in [0.1, 0.15) is 25.5 Å². The summed E-state index contributed by atoms with van der Waals surface area (Å²) in [7, 11) is 1.53. The van der Waals surface area contributed by atoms with Crippen molar-refractivity contribution in [2.45, 2.75) is 19.9 Å². The van der Waals surface area contributed by atoms with Crippen molar-refractivity contribution in [3.63, 3.8) is 0 Å². The van der Waals surface area contributed by atoms with E-state index in [2.05, 4.69) is 10.6 Å². The maximum atomic E-state index is 12.2. The van der Waals surface area contributed by atoms with Crippen LogP contribution in [0.2, 0.25) is 0 Å². The smallest absolute Gasteiger partial charge is 0.338 e. The van der Waals surface area contributed by atoms with Crippen molar-refractivity contribution in [1.29, 1.82) is 0 Å². The van der Waals surface area contributed by atoms with Crippen LogP contribution >= 0.6 is 12.2 Å². The molecule has 0 aromatic heterocycles. The molecule has 0 radical (unpaired) electrons. The minimum absolute atomic E-state index is 0.0394. The van der Waals surface area contributed by atoms with Crippen LogP contribution in [0.5, 0.6) is 11.5 Å². The third-order valence-corrected chi connectivity index (χ3v) is 3.53. The molecule has 0 saturated carbocycles. The zero-order valence-corrected chi connectivity index (χ0v) is 13.4. The molecule has 1 aliphatic rings. The molecule has 0 spiro atoms. The number of aromatic hydroxyl groups is 1. The van der Waals surface area contributed by atoms with Gasteiger partial charge in [0.1, 0.15) is 11.5 Å². The number of rotatable bonds is 4. The van der Waals surface area contributed by atoms with Gasteiger partial charge < -0.3 is 25.2 Å². The topological polar surface area (TPSA) is 79.8 Å². The van der Waals surface area contributed by atoms with Crippen LogP contribution in [0.15, 0.2) is 29.5 Å². The zero-order chi connectivity index (χ0) is 16.3. The monoisotopic (exact) mass is 322 g/mol. The summed E-state index contributed by atoms with van der Waals surface area (Å²) in [6, 6.07) is 4.20. The van der Waals surface area contributed by atoms with Gasteiger partial charge in [-0.1, -0.05) is 0 Å². The van der Waals surface area contributed by atoms with Crippen molar-refractivity contribution in [1.82, 2.24) is 10.6 Å². The predicted molar refractivity (Wildman–Crippen MR) is 85.6 cm³/mol. The molecule has 0 amide bonds. The summed E-state index contributed by atoms with van der Waals surface area (Å²) in [5.74, 6) is 0.146.